The summed E-state index contributed by atoms with van der Waals surface area (Å²) in [6.45, 7) is 7.20. The Morgan fingerprint density at radius 3 is 2.93 bits per heavy atom. The van der Waals surface area contributed by atoms with Gasteiger partial charge in [0.25, 0.3) is 0 Å². The highest BCUT2D eigenvalue weighted by atomic mass is 15.1. The van der Waals surface area contributed by atoms with Gasteiger partial charge in [-0.1, -0.05) is 6.92 Å². The van der Waals surface area contributed by atoms with Crippen LogP contribution in [0.2, 0.25) is 0 Å². The number of likely N-dealkylation sites (N-methyl/N-ethyl adjacent to an activating group) is 1. The Bertz CT molecular complexity index is 267. The van der Waals surface area contributed by atoms with Gasteiger partial charge in [-0.2, -0.15) is 0 Å². The average Bonchev–Trinajstić information content (AvgIpc) is 2.62. The van der Waals surface area contributed by atoms with Crippen molar-refractivity contribution in [3.05, 3.63) is 18.2 Å². The number of hydrogen-bond acceptors (Lipinski definition) is 3. The van der Waals surface area contributed by atoms with Gasteiger partial charge in [0.2, 0.25) is 0 Å². The highest BCUT2D eigenvalue weighted by Crippen LogP contribution is 2.08. The second kappa shape index (κ2) is 5.12. The SMILES string of the molecule is CCN(C)CCn1cncc1[C@H](C)N. The standard InChI is InChI=1S/C10H20N4/c1-4-13(3)5-6-14-8-12-7-10(14)9(2)11/h7-9H,4-6,11H2,1-3H3/t9-/m0/s1. The lowest BCUT2D eigenvalue weighted by Gasteiger charge is -2.16. The predicted octanol–water partition coefficient (Wildman–Crippen LogP) is 0.854. The summed E-state index contributed by atoms with van der Waals surface area (Å²) in [5.41, 5.74) is 6.93. The predicted molar refractivity (Wildman–Crippen MR) is 58.0 cm³/mol. The van der Waals surface area contributed by atoms with Crippen LogP contribution in [0.5, 0.6) is 0 Å². The van der Waals surface area contributed by atoms with Crippen LogP contribution < -0.4 is 5.73 Å². The van der Waals surface area contributed by atoms with E-state index in [0.717, 1.165) is 25.3 Å². The van der Waals surface area contributed by atoms with Crippen LogP contribution in [0.25, 0.3) is 0 Å². The Morgan fingerprint density at radius 2 is 2.36 bits per heavy atom. The van der Waals surface area contributed by atoms with Gasteiger partial charge in [0.15, 0.2) is 0 Å². The zero-order chi connectivity index (χ0) is 10.6. The molecule has 0 aliphatic carbocycles. The molecule has 1 aromatic heterocycles. The quantitative estimate of drug-likeness (QED) is 0.759. The van der Waals surface area contributed by atoms with Gasteiger partial charge in [0.1, 0.15) is 0 Å². The van der Waals surface area contributed by atoms with E-state index in [9.17, 15) is 0 Å². The number of aromatic nitrogens is 2. The van der Waals surface area contributed by atoms with E-state index in [2.05, 4.69) is 28.4 Å². The summed E-state index contributed by atoms with van der Waals surface area (Å²) >= 11 is 0. The third-order valence-corrected chi connectivity index (χ3v) is 2.47. The molecule has 1 rings (SSSR count). The van der Waals surface area contributed by atoms with Crippen LogP contribution >= 0.6 is 0 Å². The minimum Gasteiger partial charge on any atom is -0.332 e. The van der Waals surface area contributed by atoms with Crippen molar-refractivity contribution in [1.29, 1.82) is 0 Å². The smallest absolute Gasteiger partial charge is 0.0949 e. The molecule has 4 heteroatoms. The molecule has 1 atom stereocenters. The topological polar surface area (TPSA) is 47.1 Å². The number of rotatable bonds is 5. The monoisotopic (exact) mass is 196 g/mol. The molecule has 0 saturated heterocycles. The van der Waals surface area contributed by atoms with Crippen LogP contribution in [-0.4, -0.2) is 34.6 Å². The molecule has 1 heterocycles. The lowest BCUT2D eigenvalue weighted by molar-refractivity contribution is 0.332. The minimum absolute atomic E-state index is 0.0597. The summed E-state index contributed by atoms with van der Waals surface area (Å²) < 4.78 is 2.12. The molecular formula is C10H20N4. The molecule has 0 fully saturated rings. The van der Waals surface area contributed by atoms with E-state index in [1.165, 1.54) is 0 Å². The van der Waals surface area contributed by atoms with E-state index in [1.54, 1.807) is 0 Å². The number of imidazole rings is 1. The first-order valence-corrected chi connectivity index (χ1v) is 5.09. The van der Waals surface area contributed by atoms with E-state index in [0.29, 0.717) is 0 Å². The zero-order valence-electron chi connectivity index (χ0n) is 9.27. The summed E-state index contributed by atoms with van der Waals surface area (Å²) in [6, 6.07) is 0.0597. The molecule has 0 aromatic carbocycles. The number of nitrogens with two attached hydrogens (primary N) is 1. The molecule has 2 N–H and O–H groups in total. The van der Waals surface area contributed by atoms with Crippen molar-refractivity contribution in [3.63, 3.8) is 0 Å². The van der Waals surface area contributed by atoms with Crippen molar-refractivity contribution in [2.75, 3.05) is 20.1 Å². The second-order valence-corrected chi connectivity index (χ2v) is 3.70. The van der Waals surface area contributed by atoms with Crippen molar-refractivity contribution in [1.82, 2.24) is 14.5 Å². The molecule has 0 saturated carbocycles. The fraction of sp³-hybridized carbons (Fsp3) is 0.700. The van der Waals surface area contributed by atoms with Crippen molar-refractivity contribution in [2.45, 2.75) is 26.4 Å². The highest BCUT2D eigenvalue weighted by molar-refractivity contribution is 5.02. The van der Waals surface area contributed by atoms with E-state index in [-0.39, 0.29) is 6.04 Å². The Labute approximate surface area is 85.7 Å². The van der Waals surface area contributed by atoms with E-state index < -0.39 is 0 Å². The maximum Gasteiger partial charge on any atom is 0.0949 e. The molecule has 0 radical (unpaired) electrons. The first kappa shape index (κ1) is 11.2. The van der Waals surface area contributed by atoms with Gasteiger partial charge in [-0.25, -0.2) is 4.98 Å². The van der Waals surface area contributed by atoms with Crippen LogP contribution in [0, 0.1) is 0 Å². The molecule has 0 aliphatic rings. The normalized spacial score (nSPS) is 13.5. The average molecular weight is 196 g/mol. The van der Waals surface area contributed by atoms with Gasteiger partial charge >= 0.3 is 0 Å². The third kappa shape index (κ3) is 2.82. The fourth-order valence-corrected chi connectivity index (χ4v) is 1.33. The minimum atomic E-state index is 0.0597. The van der Waals surface area contributed by atoms with Gasteiger partial charge < -0.3 is 15.2 Å². The van der Waals surface area contributed by atoms with E-state index >= 15 is 0 Å². The van der Waals surface area contributed by atoms with Crippen LogP contribution in [0.4, 0.5) is 0 Å². The molecule has 0 bridgehead atoms. The van der Waals surface area contributed by atoms with Gasteiger partial charge in [-0.3, -0.25) is 0 Å². The lowest BCUT2D eigenvalue weighted by Crippen LogP contribution is -2.24. The van der Waals surface area contributed by atoms with Gasteiger partial charge in [0.05, 0.1) is 12.0 Å². The van der Waals surface area contributed by atoms with Crippen molar-refractivity contribution < 1.29 is 0 Å². The zero-order valence-corrected chi connectivity index (χ0v) is 9.27. The molecule has 4 nitrogen and oxygen atoms in total. The highest BCUT2D eigenvalue weighted by Gasteiger charge is 2.06. The fourth-order valence-electron chi connectivity index (χ4n) is 1.33. The van der Waals surface area contributed by atoms with E-state index in [4.69, 9.17) is 5.73 Å². The van der Waals surface area contributed by atoms with Crippen molar-refractivity contribution in [3.8, 4) is 0 Å². The summed E-state index contributed by atoms with van der Waals surface area (Å²) in [5.74, 6) is 0. The van der Waals surface area contributed by atoms with Crippen LogP contribution in [0.3, 0.4) is 0 Å². The Balaban J connectivity index is 2.54. The summed E-state index contributed by atoms with van der Waals surface area (Å²) in [5, 5.41) is 0. The molecule has 0 amide bonds. The molecule has 0 aliphatic heterocycles. The van der Waals surface area contributed by atoms with E-state index in [1.807, 2.05) is 19.4 Å². The lowest BCUT2D eigenvalue weighted by atomic mass is 10.3. The summed E-state index contributed by atoms with van der Waals surface area (Å²) in [7, 11) is 2.11. The maximum absolute atomic E-state index is 5.82. The Hall–Kier alpha value is -0.870. The molecule has 1 aromatic rings. The molecule has 14 heavy (non-hydrogen) atoms. The van der Waals surface area contributed by atoms with Crippen LogP contribution in [-0.2, 0) is 6.54 Å². The van der Waals surface area contributed by atoms with Crippen LogP contribution in [0.15, 0.2) is 12.5 Å². The Kier molecular flexibility index (Phi) is 4.10. The van der Waals surface area contributed by atoms with Gasteiger partial charge in [-0.05, 0) is 20.5 Å². The second-order valence-electron chi connectivity index (χ2n) is 3.70. The summed E-state index contributed by atoms with van der Waals surface area (Å²) in [6.07, 6.45) is 3.69. The van der Waals surface area contributed by atoms with Gasteiger partial charge in [0, 0.05) is 25.3 Å². The largest absolute Gasteiger partial charge is 0.332 e. The number of hydrogen-bond donors (Lipinski definition) is 1. The van der Waals surface area contributed by atoms with Crippen molar-refractivity contribution >= 4 is 0 Å². The molecule has 0 spiro atoms. The maximum atomic E-state index is 5.82. The van der Waals surface area contributed by atoms with Crippen molar-refractivity contribution in [2.24, 2.45) is 5.73 Å². The molecular weight excluding hydrogens is 176 g/mol. The van der Waals surface area contributed by atoms with Crippen LogP contribution in [0.1, 0.15) is 25.6 Å². The first-order chi connectivity index (χ1) is 6.65. The molecule has 80 valence electrons. The first-order valence-electron chi connectivity index (χ1n) is 5.09. The number of nitrogens with zero attached hydrogens (tertiary/aromatic N) is 3. The molecule has 0 unspecified atom stereocenters. The third-order valence-electron chi connectivity index (χ3n) is 2.47. The van der Waals surface area contributed by atoms with Gasteiger partial charge in [-0.15, -0.1) is 0 Å². The summed E-state index contributed by atoms with van der Waals surface area (Å²) in [4.78, 5) is 6.38. The Morgan fingerprint density at radius 1 is 1.64 bits per heavy atom.